The summed E-state index contributed by atoms with van der Waals surface area (Å²) in [6.07, 6.45) is 1.19. The summed E-state index contributed by atoms with van der Waals surface area (Å²) in [5, 5.41) is 7.38. The molecule has 0 spiro atoms. The van der Waals surface area contributed by atoms with Crippen molar-refractivity contribution in [2.45, 2.75) is 31.9 Å². The highest BCUT2D eigenvalue weighted by molar-refractivity contribution is 7.98. The second-order valence-corrected chi connectivity index (χ2v) is 5.45. The molecule has 0 aliphatic carbocycles. The van der Waals surface area contributed by atoms with E-state index in [1.165, 1.54) is 6.42 Å². The number of rotatable bonds is 5. The Balaban J connectivity index is 1.91. The highest BCUT2D eigenvalue weighted by Gasteiger charge is 2.29. The lowest BCUT2D eigenvalue weighted by molar-refractivity contribution is 0.337. The molecule has 1 N–H and O–H groups in total. The van der Waals surface area contributed by atoms with Crippen LogP contribution < -0.4 is 5.32 Å². The van der Waals surface area contributed by atoms with Crippen molar-refractivity contribution in [3.8, 4) is 0 Å². The number of hydrogen-bond acceptors (Lipinski definition) is 5. The van der Waals surface area contributed by atoms with Gasteiger partial charge in [0.15, 0.2) is 5.82 Å². The quantitative estimate of drug-likeness (QED) is 0.799. The first kappa shape index (κ1) is 11.9. The predicted molar refractivity (Wildman–Crippen MR) is 65.5 cm³/mol. The van der Waals surface area contributed by atoms with Crippen molar-refractivity contribution < 1.29 is 4.52 Å². The van der Waals surface area contributed by atoms with Crippen LogP contribution in [0.2, 0.25) is 0 Å². The minimum absolute atomic E-state index is 0.400. The van der Waals surface area contributed by atoms with Gasteiger partial charge < -0.3 is 9.84 Å². The number of hydrogen-bond donors (Lipinski definition) is 1. The smallest absolute Gasteiger partial charge is 0.231 e. The fourth-order valence-electron chi connectivity index (χ4n) is 1.93. The van der Waals surface area contributed by atoms with Crippen LogP contribution in [0.1, 0.15) is 37.9 Å². The van der Waals surface area contributed by atoms with E-state index in [-0.39, 0.29) is 0 Å². The molecule has 0 radical (unpaired) electrons. The van der Waals surface area contributed by atoms with Gasteiger partial charge in [-0.2, -0.15) is 16.7 Å². The van der Waals surface area contributed by atoms with E-state index < -0.39 is 0 Å². The van der Waals surface area contributed by atoms with E-state index in [0.717, 1.165) is 36.3 Å². The molecule has 0 saturated carbocycles. The van der Waals surface area contributed by atoms with Crippen LogP contribution in [-0.4, -0.2) is 29.0 Å². The normalized spacial score (nSPS) is 25.1. The van der Waals surface area contributed by atoms with Gasteiger partial charge in [-0.05, 0) is 24.6 Å². The van der Waals surface area contributed by atoms with E-state index in [1.54, 1.807) is 0 Å². The highest BCUT2D eigenvalue weighted by atomic mass is 32.2. The molecule has 0 bridgehead atoms. The van der Waals surface area contributed by atoms with E-state index >= 15 is 0 Å². The largest absolute Gasteiger partial charge is 0.339 e. The van der Waals surface area contributed by atoms with Crippen LogP contribution >= 0.6 is 11.8 Å². The van der Waals surface area contributed by atoms with Crippen molar-refractivity contribution in [1.29, 1.82) is 0 Å². The Hall–Kier alpha value is -0.550. The van der Waals surface area contributed by atoms with Gasteiger partial charge in [0, 0.05) is 6.54 Å². The zero-order valence-corrected chi connectivity index (χ0v) is 10.7. The number of nitrogens with zero attached hydrogens (tertiary/aromatic N) is 2. The summed E-state index contributed by atoms with van der Waals surface area (Å²) in [6, 6.07) is 0. The minimum atomic E-state index is 0.400. The molecule has 16 heavy (non-hydrogen) atoms. The van der Waals surface area contributed by atoms with Gasteiger partial charge in [0.1, 0.15) is 0 Å². The van der Waals surface area contributed by atoms with Crippen molar-refractivity contribution >= 4 is 11.8 Å². The predicted octanol–water partition coefficient (Wildman–Crippen LogP) is 2.04. The lowest BCUT2D eigenvalue weighted by atomic mass is 9.98. The van der Waals surface area contributed by atoms with Gasteiger partial charge in [-0.3, -0.25) is 0 Å². The monoisotopic (exact) mass is 241 g/mol. The summed E-state index contributed by atoms with van der Waals surface area (Å²) in [4.78, 5) is 4.48. The molecule has 1 saturated heterocycles. The summed E-state index contributed by atoms with van der Waals surface area (Å²) >= 11 is 1.86. The standard InChI is InChI=1S/C11H19N3OS/c1-3-4-16-7-10-13-11(15-14-10)9-6-12-5-8(9)2/h8-9,12H,3-7H2,1-2H3. The summed E-state index contributed by atoms with van der Waals surface area (Å²) in [7, 11) is 0. The van der Waals surface area contributed by atoms with E-state index in [4.69, 9.17) is 4.52 Å². The van der Waals surface area contributed by atoms with Crippen LogP contribution in [0.25, 0.3) is 0 Å². The maximum Gasteiger partial charge on any atom is 0.231 e. The molecule has 2 atom stereocenters. The Morgan fingerprint density at radius 3 is 3.06 bits per heavy atom. The fourth-order valence-corrected chi connectivity index (χ4v) is 2.66. The molecule has 1 fully saturated rings. The van der Waals surface area contributed by atoms with Crippen molar-refractivity contribution in [2.75, 3.05) is 18.8 Å². The minimum Gasteiger partial charge on any atom is -0.339 e. The molecule has 5 heteroatoms. The molecule has 2 heterocycles. The van der Waals surface area contributed by atoms with Crippen molar-refractivity contribution in [2.24, 2.45) is 5.92 Å². The van der Waals surface area contributed by atoms with Gasteiger partial charge in [0.2, 0.25) is 5.89 Å². The van der Waals surface area contributed by atoms with Crippen molar-refractivity contribution in [3.63, 3.8) is 0 Å². The Bertz CT molecular complexity index is 329. The summed E-state index contributed by atoms with van der Waals surface area (Å²) in [5.41, 5.74) is 0. The zero-order chi connectivity index (χ0) is 11.4. The SMILES string of the molecule is CCCSCc1noc(C2CNCC2C)n1. The molecular formula is C11H19N3OS. The average Bonchev–Trinajstić information content (AvgIpc) is 2.87. The lowest BCUT2D eigenvalue weighted by Gasteiger charge is -2.07. The summed E-state index contributed by atoms with van der Waals surface area (Å²) < 4.78 is 5.34. The van der Waals surface area contributed by atoms with Gasteiger partial charge in [0.05, 0.1) is 11.7 Å². The van der Waals surface area contributed by atoms with E-state index in [9.17, 15) is 0 Å². The fraction of sp³-hybridized carbons (Fsp3) is 0.818. The third-order valence-corrected chi connectivity index (χ3v) is 4.06. The first-order valence-electron chi connectivity index (χ1n) is 5.92. The molecule has 0 amide bonds. The number of nitrogens with one attached hydrogen (secondary N) is 1. The Morgan fingerprint density at radius 2 is 2.38 bits per heavy atom. The van der Waals surface area contributed by atoms with Gasteiger partial charge in [0.25, 0.3) is 0 Å². The molecule has 2 rings (SSSR count). The van der Waals surface area contributed by atoms with Gasteiger partial charge in [-0.15, -0.1) is 0 Å². The average molecular weight is 241 g/mol. The molecule has 90 valence electrons. The van der Waals surface area contributed by atoms with E-state index in [0.29, 0.717) is 11.8 Å². The number of thioether (sulfide) groups is 1. The van der Waals surface area contributed by atoms with E-state index in [2.05, 4.69) is 29.3 Å². The van der Waals surface area contributed by atoms with Crippen molar-refractivity contribution in [3.05, 3.63) is 11.7 Å². The van der Waals surface area contributed by atoms with Crippen LogP contribution in [-0.2, 0) is 5.75 Å². The maximum atomic E-state index is 5.34. The van der Waals surface area contributed by atoms with Gasteiger partial charge in [-0.25, -0.2) is 0 Å². The second-order valence-electron chi connectivity index (χ2n) is 4.34. The summed E-state index contributed by atoms with van der Waals surface area (Å²) in [6.45, 7) is 6.42. The van der Waals surface area contributed by atoms with Crippen LogP contribution in [0.15, 0.2) is 4.52 Å². The Labute approximate surface area is 101 Å². The van der Waals surface area contributed by atoms with Gasteiger partial charge >= 0.3 is 0 Å². The van der Waals surface area contributed by atoms with E-state index in [1.807, 2.05) is 11.8 Å². The maximum absolute atomic E-state index is 5.34. The van der Waals surface area contributed by atoms with Crippen molar-refractivity contribution in [1.82, 2.24) is 15.5 Å². The first-order valence-corrected chi connectivity index (χ1v) is 7.07. The topological polar surface area (TPSA) is 51.0 Å². The molecule has 1 aromatic heterocycles. The molecule has 1 aliphatic rings. The Morgan fingerprint density at radius 1 is 1.50 bits per heavy atom. The third-order valence-electron chi connectivity index (χ3n) is 2.90. The van der Waals surface area contributed by atoms with Crippen LogP contribution in [0.3, 0.4) is 0 Å². The summed E-state index contributed by atoms with van der Waals surface area (Å²) in [5.74, 6) is 4.67. The van der Waals surface area contributed by atoms with Crippen LogP contribution in [0, 0.1) is 5.92 Å². The van der Waals surface area contributed by atoms with Gasteiger partial charge in [-0.1, -0.05) is 19.0 Å². The second kappa shape index (κ2) is 5.68. The molecule has 4 nitrogen and oxygen atoms in total. The Kier molecular flexibility index (Phi) is 4.23. The molecule has 0 aromatic carbocycles. The lowest BCUT2D eigenvalue weighted by Crippen LogP contribution is -2.08. The molecule has 1 aliphatic heterocycles. The zero-order valence-electron chi connectivity index (χ0n) is 9.90. The highest BCUT2D eigenvalue weighted by Crippen LogP contribution is 2.26. The number of aromatic nitrogens is 2. The molecule has 2 unspecified atom stereocenters. The molecule has 1 aromatic rings. The molecular weight excluding hydrogens is 222 g/mol. The van der Waals surface area contributed by atoms with Crippen LogP contribution in [0.5, 0.6) is 0 Å². The first-order chi connectivity index (χ1) is 7.81. The van der Waals surface area contributed by atoms with Crippen LogP contribution in [0.4, 0.5) is 0 Å². The third kappa shape index (κ3) is 2.77.